The lowest BCUT2D eigenvalue weighted by molar-refractivity contribution is 0.0873. The van der Waals surface area contributed by atoms with Crippen molar-refractivity contribution < 1.29 is 17.9 Å². The molecule has 1 saturated heterocycles. The Morgan fingerprint density at radius 2 is 1.78 bits per heavy atom. The molecule has 2 heterocycles. The fourth-order valence-corrected chi connectivity index (χ4v) is 6.37. The van der Waals surface area contributed by atoms with Crippen LogP contribution in [0.4, 0.5) is 16.4 Å². The topological polar surface area (TPSA) is 118 Å². The molecule has 1 aromatic heterocycles. The number of anilines is 2. The molecule has 172 valence electrons. The summed E-state index contributed by atoms with van der Waals surface area (Å²) >= 11 is 0. The summed E-state index contributed by atoms with van der Waals surface area (Å²) in [5.74, 6) is 0.0428. The Hall–Kier alpha value is -2.66. The van der Waals surface area contributed by atoms with E-state index in [1.807, 2.05) is 0 Å². The van der Waals surface area contributed by atoms with E-state index >= 15 is 0 Å². The number of urea groups is 1. The minimum absolute atomic E-state index is 0.0428. The molecule has 2 N–H and O–H groups in total. The van der Waals surface area contributed by atoms with Crippen molar-refractivity contribution >= 4 is 27.9 Å². The van der Waals surface area contributed by atoms with Gasteiger partial charge in [-0.1, -0.05) is 6.07 Å². The SMILES string of the molecule is Cn1cnc(N(C2CCOCC2)S(=O)(=O)NC(=O)Nc2c3c(cc4c2CCC4)CCC3)n1. The maximum absolute atomic E-state index is 13.3. The molecule has 10 nitrogen and oxygen atoms in total. The van der Waals surface area contributed by atoms with Crippen molar-refractivity contribution in [2.45, 2.75) is 57.4 Å². The van der Waals surface area contributed by atoms with Crippen molar-refractivity contribution in [3.05, 3.63) is 34.6 Å². The first-order valence-corrected chi connectivity index (χ1v) is 12.6. The molecule has 0 spiro atoms. The van der Waals surface area contributed by atoms with E-state index in [1.54, 1.807) is 7.05 Å². The molecule has 11 heteroatoms. The molecule has 1 aromatic carbocycles. The summed E-state index contributed by atoms with van der Waals surface area (Å²) in [6.45, 7) is 0.885. The second-order valence-corrected chi connectivity index (χ2v) is 10.2. The molecule has 32 heavy (non-hydrogen) atoms. The Bertz CT molecular complexity index is 1110. The number of amides is 2. The summed E-state index contributed by atoms with van der Waals surface area (Å²) in [6, 6.07) is 1.12. The number of nitrogens with one attached hydrogen (secondary N) is 2. The van der Waals surface area contributed by atoms with Crippen molar-refractivity contribution in [1.29, 1.82) is 0 Å². The van der Waals surface area contributed by atoms with Crippen molar-refractivity contribution in [3.8, 4) is 0 Å². The van der Waals surface area contributed by atoms with Gasteiger partial charge < -0.3 is 10.1 Å². The lowest BCUT2D eigenvalue weighted by Crippen LogP contribution is -2.51. The maximum Gasteiger partial charge on any atom is 0.334 e. The van der Waals surface area contributed by atoms with Crippen LogP contribution in [-0.4, -0.2) is 48.5 Å². The van der Waals surface area contributed by atoms with Crippen LogP contribution in [0.5, 0.6) is 0 Å². The molecule has 0 atom stereocenters. The van der Waals surface area contributed by atoms with Crippen molar-refractivity contribution in [3.63, 3.8) is 0 Å². The molecule has 1 aliphatic heterocycles. The van der Waals surface area contributed by atoms with Crippen LogP contribution in [-0.2, 0) is 47.7 Å². The molecular weight excluding hydrogens is 432 g/mol. The van der Waals surface area contributed by atoms with Gasteiger partial charge in [0.25, 0.3) is 5.95 Å². The zero-order chi connectivity index (χ0) is 22.3. The van der Waals surface area contributed by atoms with Gasteiger partial charge >= 0.3 is 16.2 Å². The van der Waals surface area contributed by atoms with Gasteiger partial charge in [-0.15, -0.1) is 5.10 Å². The molecular formula is C21H28N6O4S. The Morgan fingerprint density at radius 1 is 1.12 bits per heavy atom. The monoisotopic (exact) mass is 460 g/mol. The van der Waals surface area contributed by atoms with Gasteiger partial charge in [0.2, 0.25) is 0 Å². The minimum Gasteiger partial charge on any atom is -0.381 e. The predicted molar refractivity (Wildman–Crippen MR) is 119 cm³/mol. The number of hydrogen-bond donors (Lipinski definition) is 2. The highest BCUT2D eigenvalue weighted by atomic mass is 32.2. The van der Waals surface area contributed by atoms with Crippen LogP contribution in [0.1, 0.15) is 47.9 Å². The fourth-order valence-electron chi connectivity index (χ4n) is 5.09. The number of aromatic nitrogens is 3. The first-order valence-electron chi connectivity index (χ1n) is 11.2. The third-order valence-electron chi connectivity index (χ3n) is 6.50. The van der Waals surface area contributed by atoms with Crippen LogP contribution in [0.3, 0.4) is 0 Å². The molecule has 1 fully saturated rings. The maximum atomic E-state index is 13.3. The van der Waals surface area contributed by atoms with Crippen LogP contribution in [0.2, 0.25) is 0 Å². The number of carbonyl (C=O) groups is 1. The van der Waals surface area contributed by atoms with Gasteiger partial charge in [-0.05, 0) is 73.6 Å². The van der Waals surface area contributed by atoms with E-state index < -0.39 is 16.2 Å². The van der Waals surface area contributed by atoms with Crippen LogP contribution in [0.15, 0.2) is 12.4 Å². The lowest BCUT2D eigenvalue weighted by atomic mass is 9.99. The first-order chi connectivity index (χ1) is 15.4. The zero-order valence-corrected chi connectivity index (χ0v) is 18.9. The Kier molecular flexibility index (Phi) is 5.54. The van der Waals surface area contributed by atoms with E-state index in [9.17, 15) is 13.2 Å². The van der Waals surface area contributed by atoms with E-state index in [4.69, 9.17) is 4.74 Å². The molecule has 0 saturated carbocycles. The van der Waals surface area contributed by atoms with Gasteiger partial charge in [-0.25, -0.2) is 13.8 Å². The fraction of sp³-hybridized carbons (Fsp3) is 0.571. The number of rotatable bonds is 5. The third-order valence-corrected chi connectivity index (χ3v) is 7.92. The van der Waals surface area contributed by atoms with Crippen molar-refractivity contribution in [2.24, 2.45) is 7.05 Å². The van der Waals surface area contributed by atoms with Gasteiger partial charge in [0.1, 0.15) is 6.33 Å². The number of hydrogen-bond acceptors (Lipinski definition) is 6. The molecule has 5 rings (SSSR count). The Morgan fingerprint density at radius 3 is 2.38 bits per heavy atom. The summed E-state index contributed by atoms with van der Waals surface area (Å²) in [5, 5.41) is 7.06. The number of aryl methyl sites for hydroxylation is 3. The van der Waals surface area contributed by atoms with E-state index in [2.05, 4.69) is 26.2 Å². The highest BCUT2D eigenvalue weighted by Gasteiger charge is 2.36. The normalized spacial score (nSPS) is 18.3. The molecule has 2 amide bonds. The van der Waals surface area contributed by atoms with Crippen LogP contribution in [0.25, 0.3) is 0 Å². The minimum atomic E-state index is -4.23. The van der Waals surface area contributed by atoms with E-state index in [0.29, 0.717) is 26.1 Å². The van der Waals surface area contributed by atoms with Crippen molar-refractivity contribution in [2.75, 3.05) is 22.8 Å². The molecule has 3 aliphatic rings. The average molecular weight is 461 g/mol. The largest absolute Gasteiger partial charge is 0.381 e. The van der Waals surface area contributed by atoms with E-state index in [0.717, 1.165) is 59.6 Å². The molecule has 0 radical (unpaired) electrons. The standard InChI is InChI=1S/C21H28N6O4S/c1-26-13-22-20(24-26)27(16-8-10-31-11-9-16)32(29,30)25-21(28)23-19-17-6-2-4-14(17)12-15-5-3-7-18(15)19/h12-13,16H,2-11H2,1H3,(H2,23,25,28). The number of benzene rings is 1. The van der Waals surface area contributed by atoms with Gasteiger partial charge in [0.15, 0.2) is 0 Å². The average Bonchev–Trinajstić information content (AvgIpc) is 3.49. The predicted octanol–water partition coefficient (Wildman–Crippen LogP) is 1.84. The summed E-state index contributed by atoms with van der Waals surface area (Å²) < 4.78 is 36.8. The van der Waals surface area contributed by atoms with Gasteiger partial charge in [0, 0.05) is 25.9 Å². The third kappa shape index (κ3) is 3.95. The molecule has 0 bridgehead atoms. The number of nitrogens with zero attached hydrogens (tertiary/aromatic N) is 4. The summed E-state index contributed by atoms with van der Waals surface area (Å²) in [4.78, 5) is 17.1. The zero-order valence-electron chi connectivity index (χ0n) is 18.1. The first kappa shape index (κ1) is 21.2. The smallest absolute Gasteiger partial charge is 0.334 e. The van der Waals surface area contributed by atoms with Crippen molar-refractivity contribution in [1.82, 2.24) is 19.5 Å². The van der Waals surface area contributed by atoms with E-state index in [1.165, 1.54) is 22.1 Å². The van der Waals surface area contributed by atoms with E-state index in [-0.39, 0.29) is 12.0 Å². The van der Waals surface area contributed by atoms with Crippen LogP contribution >= 0.6 is 0 Å². The molecule has 2 aromatic rings. The summed E-state index contributed by atoms with van der Waals surface area (Å²) in [5.41, 5.74) is 5.63. The van der Waals surface area contributed by atoms with Crippen LogP contribution < -0.4 is 14.3 Å². The van der Waals surface area contributed by atoms with Gasteiger partial charge in [-0.3, -0.25) is 4.68 Å². The number of carbonyl (C=O) groups excluding carboxylic acids is 1. The number of ether oxygens (including phenoxy) is 1. The Balaban J connectivity index is 1.41. The lowest BCUT2D eigenvalue weighted by Gasteiger charge is -2.32. The summed E-state index contributed by atoms with van der Waals surface area (Å²) in [7, 11) is -2.56. The van der Waals surface area contributed by atoms with Crippen LogP contribution in [0, 0.1) is 0 Å². The Labute approximate surface area is 187 Å². The highest BCUT2D eigenvalue weighted by molar-refractivity contribution is 7.91. The second kappa shape index (κ2) is 8.36. The second-order valence-electron chi connectivity index (χ2n) is 8.65. The molecule has 0 unspecified atom stereocenters. The van der Waals surface area contributed by atoms with Gasteiger partial charge in [-0.2, -0.15) is 13.4 Å². The summed E-state index contributed by atoms with van der Waals surface area (Å²) in [6.07, 6.45) is 8.34. The quantitative estimate of drug-likeness (QED) is 0.703. The molecule has 2 aliphatic carbocycles. The highest BCUT2D eigenvalue weighted by Crippen LogP contribution is 2.38. The number of fused-ring (bicyclic) bond motifs is 2. The van der Waals surface area contributed by atoms with Gasteiger partial charge in [0.05, 0.1) is 6.04 Å².